The van der Waals surface area contributed by atoms with Gasteiger partial charge in [0.1, 0.15) is 5.60 Å². The van der Waals surface area contributed by atoms with Crippen LogP contribution in [0.25, 0.3) is 0 Å². The largest absolute Gasteiger partial charge is 0.444 e. The van der Waals surface area contributed by atoms with Crippen LogP contribution in [0.4, 0.5) is 4.79 Å². The van der Waals surface area contributed by atoms with E-state index in [9.17, 15) is 4.79 Å². The molecule has 0 radical (unpaired) electrons. The maximum absolute atomic E-state index is 12.3. The van der Waals surface area contributed by atoms with E-state index < -0.39 is 5.60 Å². The number of rotatable bonds is 9. The first-order chi connectivity index (χ1) is 14.8. The van der Waals surface area contributed by atoms with Gasteiger partial charge in [0, 0.05) is 31.9 Å². The predicted octanol–water partition coefficient (Wildman–Crippen LogP) is 5.78. The lowest BCUT2D eigenvalue weighted by molar-refractivity contribution is 0.0171. The van der Waals surface area contributed by atoms with Crippen molar-refractivity contribution in [2.75, 3.05) is 32.8 Å². The number of carbonyl (C=O) groups is 1. The third-order valence-electron chi connectivity index (χ3n) is 5.19. The molecule has 1 saturated heterocycles. The molecular weight excluding hydrogens is 388 g/mol. The summed E-state index contributed by atoms with van der Waals surface area (Å²) in [4.78, 5) is 16.5. The molecule has 1 aliphatic rings. The van der Waals surface area contributed by atoms with E-state index in [4.69, 9.17) is 9.47 Å². The van der Waals surface area contributed by atoms with Crippen LogP contribution in [0.1, 0.15) is 59.4 Å². The molecule has 0 spiro atoms. The molecule has 2 rings (SSSR count). The lowest BCUT2D eigenvalue weighted by Crippen LogP contribution is -2.49. The minimum Gasteiger partial charge on any atom is -0.444 e. The van der Waals surface area contributed by atoms with Gasteiger partial charge < -0.3 is 19.3 Å². The number of amides is 1. The van der Waals surface area contributed by atoms with Gasteiger partial charge in [0.25, 0.3) is 0 Å². The maximum Gasteiger partial charge on any atom is 0.410 e. The van der Waals surface area contributed by atoms with Gasteiger partial charge in [0.2, 0.25) is 0 Å². The van der Waals surface area contributed by atoms with Crippen molar-refractivity contribution in [1.82, 2.24) is 9.80 Å². The van der Waals surface area contributed by atoms with Gasteiger partial charge in [-0.25, -0.2) is 4.79 Å². The molecule has 0 unspecified atom stereocenters. The van der Waals surface area contributed by atoms with Crippen LogP contribution < -0.4 is 0 Å². The normalized spacial score (nSPS) is 15.9. The standard InChI is InChI=1S/C26H40N2O3/c1-6-11-22(14-19-30-21-23-12-9-8-10-13-23)20-24(7-2)27-15-17-28(18-16-27)25(29)31-26(3,4)5/h7-10,12-13,20H,6,11,14-19,21H2,1-5H3/b22-20+,24-7+. The van der Waals surface area contributed by atoms with E-state index in [1.54, 1.807) is 0 Å². The number of piperazine rings is 1. The number of hydrogen-bond donors (Lipinski definition) is 0. The fourth-order valence-corrected chi connectivity index (χ4v) is 3.60. The first-order valence-corrected chi connectivity index (χ1v) is 11.5. The highest BCUT2D eigenvalue weighted by atomic mass is 16.6. The zero-order valence-corrected chi connectivity index (χ0v) is 20.0. The smallest absolute Gasteiger partial charge is 0.410 e. The summed E-state index contributed by atoms with van der Waals surface area (Å²) in [5.41, 5.74) is 3.40. The Hall–Kier alpha value is -2.27. The molecule has 0 atom stereocenters. The van der Waals surface area contributed by atoms with Crippen LogP contribution in [0.2, 0.25) is 0 Å². The van der Waals surface area contributed by atoms with Crippen LogP contribution in [-0.4, -0.2) is 54.3 Å². The highest BCUT2D eigenvalue weighted by molar-refractivity contribution is 5.68. The molecule has 31 heavy (non-hydrogen) atoms. The SMILES string of the molecule is C/C=C(\C=C(/CCC)CCOCc1ccccc1)N1CCN(C(=O)OC(C)(C)C)CC1. The van der Waals surface area contributed by atoms with Crippen molar-refractivity contribution < 1.29 is 14.3 Å². The number of nitrogens with zero attached hydrogens (tertiary/aromatic N) is 2. The zero-order valence-electron chi connectivity index (χ0n) is 20.0. The minimum absolute atomic E-state index is 0.216. The Morgan fingerprint density at radius 3 is 2.26 bits per heavy atom. The van der Waals surface area contributed by atoms with Crippen LogP contribution in [0.15, 0.2) is 53.8 Å². The Labute approximate surface area is 188 Å². The summed E-state index contributed by atoms with van der Waals surface area (Å²) in [7, 11) is 0. The summed E-state index contributed by atoms with van der Waals surface area (Å²) in [5.74, 6) is 0. The maximum atomic E-state index is 12.3. The molecule has 0 aromatic heterocycles. The topological polar surface area (TPSA) is 42.0 Å². The zero-order chi connectivity index (χ0) is 22.7. The fraction of sp³-hybridized carbons (Fsp3) is 0.577. The molecule has 1 heterocycles. The average molecular weight is 429 g/mol. The van der Waals surface area contributed by atoms with Crippen LogP contribution in [0, 0.1) is 0 Å². The Morgan fingerprint density at radius 2 is 1.68 bits per heavy atom. The van der Waals surface area contributed by atoms with E-state index in [1.807, 2.05) is 43.9 Å². The van der Waals surface area contributed by atoms with Gasteiger partial charge in [-0.15, -0.1) is 0 Å². The molecular formula is C26H40N2O3. The van der Waals surface area contributed by atoms with Crippen molar-refractivity contribution in [2.24, 2.45) is 0 Å². The molecule has 172 valence electrons. The second-order valence-corrected chi connectivity index (χ2v) is 9.01. The van der Waals surface area contributed by atoms with E-state index in [0.717, 1.165) is 39.0 Å². The summed E-state index contributed by atoms with van der Waals surface area (Å²) in [6.45, 7) is 14.4. The van der Waals surface area contributed by atoms with E-state index in [-0.39, 0.29) is 6.09 Å². The molecule has 0 aliphatic carbocycles. The van der Waals surface area contributed by atoms with Gasteiger partial charge in [0.05, 0.1) is 13.2 Å². The second kappa shape index (κ2) is 12.6. The molecule has 5 nitrogen and oxygen atoms in total. The van der Waals surface area contributed by atoms with Gasteiger partial charge in [-0.1, -0.05) is 55.3 Å². The first-order valence-electron chi connectivity index (χ1n) is 11.5. The molecule has 1 aromatic carbocycles. The second-order valence-electron chi connectivity index (χ2n) is 9.01. The lowest BCUT2D eigenvalue weighted by Gasteiger charge is -2.37. The van der Waals surface area contributed by atoms with Crippen molar-refractivity contribution in [3.05, 3.63) is 59.3 Å². The van der Waals surface area contributed by atoms with E-state index >= 15 is 0 Å². The first kappa shape index (κ1) is 25.0. The Bertz CT molecular complexity index is 727. The third kappa shape index (κ3) is 9.18. The molecule has 0 saturated carbocycles. The Balaban J connectivity index is 1.86. The number of benzene rings is 1. The van der Waals surface area contributed by atoms with Gasteiger partial charge >= 0.3 is 6.09 Å². The summed E-state index contributed by atoms with van der Waals surface area (Å²) in [6.07, 6.45) is 7.41. The summed E-state index contributed by atoms with van der Waals surface area (Å²) in [5, 5.41) is 0. The molecule has 0 bridgehead atoms. The summed E-state index contributed by atoms with van der Waals surface area (Å²) >= 11 is 0. The summed E-state index contributed by atoms with van der Waals surface area (Å²) < 4.78 is 11.4. The minimum atomic E-state index is -0.455. The molecule has 1 aliphatic heterocycles. The van der Waals surface area contributed by atoms with Gasteiger partial charge in [-0.3, -0.25) is 0 Å². The number of hydrogen-bond acceptors (Lipinski definition) is 4. The molecule has 1 fully saturated rings. The summed E-state index contributed by atoms with van der Waals surface area (Å²) in [6, 6.07) is 10.3. The molecule has 1 aromatic rings. The van der Waals surface area contributed by atoms with Crippen LogP contribution in [0.5, 0.6) is 0 Å². The van der Waals surface area contributed by atoms with Crippen molar-refractivity contribution in [3.63, 3.8) is 0 Å². The van der Waals surface area contributed by atoms with Crippen molar-refractivity contribution in [2.45, 2.75) is 66.1 Å². The average Bonchev–Trinajstić information content (AvgIpc) is 2.74. The predicted molar refractivity (Wildman–Crippen MR) is 127 cm³/mol. The molecule has 1 amide bonds. The van der Waals surface area contributed by atoms with Gasteiger partial charge in [0.15, 0.2) is 0 Å². The number of carbonyl (C=O) groups excluding carboxylic acids is 1. The van der Waals surface area contributed by atoms with Crippen LogP contribution in [-0.2, 0) is 16.1 Å². The Morgan fingerprint density at radius 1 is 1.03 bits per heavy atom. The molecule has 5 heteroatoms. The van der Waals surface area contributed by atoms with Crippen molar-refractivity contribution in [3.8, 4) is 0 Å². The van der Waals surface area contributed by atoms with Gasteiger partial charge in [-0.2, -0.15) is 0 Å². The number of allylic oxidation sites excluding steroid dienone is 2. The van der Waals surface area contributed by atoms with Crippen molar-refractivity contribution in [1.29, 1.82) is 0 Å². The number of ether oxygens (including phenoxy) is 2. The Kier molecular flexibility index (Phi) is 10.1. The third-order valence-corrected chi connectivity index (χ3v) is 5.19. The molecule has 0 N–H and O–H groups in total. The van der Waals surface area contributed by atoms with Crippen LogP contribution in [0.3, 0.4) is 0 Å². The fourth-order valence-electron chi connectivity index (χ4n) is 3.60. The van der Waals surface area contributed by atoms with Gasteiger partial charge in [-0.05, 0) is 52.2 Å². The van der Waals surface area contributed by atoms with E-state index in [0.29, 0.717) is 19.7 Å². The quantitative estimate of drug-likeness (QED) is 0.369. The van der Waals surface area contributed by atoms with E-state index in [1.165, 1.54) is 16.8 Å². The van der Waals surface area contributed by atoms with Crippen LogP contribution >= 0.6 is 0 Å². The lowest BCUT2D eigenvalue weighted by atomic mass is 10.1. The highest BCUT2D eigenvalue weighted by Crippen LogP contribution is 2.19. The van der Waals surface area contributed by atoms with Crippen molar-refractivity contribution >= 4 is 6.09 Å². The highest BCUT2D eigenvalue weighted by Gasteiger charge is 2.26. The van der Waals surface area contributed by atoms with E-state index in [2.05, 4.69) is 43.0 Å². The monoisotopic (exact) mass is 428 g/mol.